The van der Waals surface area contributed by atoms with Gasteiger partial charge in [0.25, 0.3) is 5.91 Å². The molecule has 3 rings (SSSR count). The van der Waals surface area contributed by atoms with Crippen molar-refractivity contribution in [2.75, 3.05) is 13.1 Å². The van der Waals surface area contributed by atoms with Crippen LogP contribution >= 0.6 is 0 Å². The molecular formula is C12H12N4O. The maximum absolute atomic E-state index is 12.2. The molecule has 1 aromatic carbocycles. The van der Waals surface area contributed by atoms with E-state index in [1.807, 2.05) is 12.1 Å². The van der Waals surface area contributed by atoms with E-state index >= 15 is 0 Å². The van der Waals surface area contributed by atoms with Crippen LogP contribution in [0.4, 0.5) is 0 Å². The standard InChI is InChI=1S/C12H12N4O/c13-8-6-16(7-8)12(17)9-2-1-3-10-11(9)15-5-4-14-10/h1-5,8H,6-7,13H2. The molecule has 1 saturated heterocycles. The number of carbonyl (C=O) groups excluding carboxylic acids is 1. The number of amides is 1. The van der Waals surface area contributed by atoms with E-state index in [0.29, 0.717) is 24.2 Å². The van der Waals surface area contributed by atoms with Crippen molar-refractivity contribution in [3.8, 4) is 0 Å². The molecule has 5 nitrogen and oxygen atoms in total. The van der Waals surface area contributed by atoms with Gasteiger partial charge in [-0.25, -0.2) is 0 Å². The Kier molecular flexibility index (Phi) is 2.26. The first-order valence-corrected chi connectivity index (χ1v) is 5.50. The Labute approximate surface area is 98.3 Å². The van der Waals surface area contributed by atoms with Crippen molar-refractivity contribution in [2.45, 2.75) is 6.04 Å². The third-order valence-corrected chi connectivity index (χ3v) is 2.93. The fraction of sp³-hybridized carbons (Fsp3) is 0.250. The van der Waals surface area contributed by atoms with E-state index in [9.17, 15) is 4.79 Å². The van der Waals surface area contributed by atoms with Gasteiger partial charge < -0.3 is 10.6 Å². The third-order valence-electron chi connectivity index (χ3n) is 2.93. The van der Waals surface area contributed by atoms with Gasteiger partial charge >= 0.3 is 0 Å². The SMILES string of the molecule is NC1CN(C(=O)c2cccc3nccnc23)C1. The van der Waals surface area contributed by atoms with E-state index in [4.69, 9.17) is 5.73 Å². The molecule has 2 aromatic rings. The fourth-order valence-electron chi connectivity index (χ4n) is 2.01. The molecule has 2 heterocycles. The van der Waals surface area contributed by atoms with Crippen molar-refractivity contribution in [3.05, 3.63) is 36.2 Å². The first-order valence-electron chi connectivity index (χ1n) is 5.50. The average Bonchev–Trinajstić information content (AvgIpc) is 2.33. The van der Waals surface area contributed by atoms with Gasteiger partial charge in [-0.3, -0.25) is 14.8 Å². The summed E-state index contributed by atoms with van der Waals surface area (Å²) in [4.78, 5) is 22.3. The molecule has 17 heavy (non-hydrogen) atoms. The van der Waals surface area contributed by atoms with Crippen LogP contribution in [-0.2, 0) is 0 Å². The Hall–Kier alpha value is -2.01. The number of fused-ring (bicyclic) bond motifs is 1. The first-order chi connectivity index (χ1) is 8.25. The van der Waals surface area contributed by atoms with Crippen LogP contribution in [0.5, 0.6) is 0 Å². The normalized spacial score (nSPS) is 15.9. The number of para-hydroxylation sites is 1. The van der Waals surface area contributed by atoms with E-state index < -0.39 is 0 Å². The van der Waals surface area contributed by atoms with Crippen molar-refractivity contribution in [1.82, 2.24) is 14.9 Å². The summed E-state index contributed by atoms with van der Waals surface area (Å²) in [6.45, 7) is 1.24. The van der Waals surface area contributed by atoms with Gasteiger partial charge in [0.05, 0.1) is 11.1 Å². The summed E-state index contributed by atoms with van der Waals surface area (Å²) in [6, 6.07) is 5.56. The van der Waals surface area contributed by atoms with Crippen molar-refractivity contribution >= 4 is 16.9 Å². The maximum Gasteiger partial charge on any atom is 0.256 e. The summed E-state index contributed by atoms with van der Waals surface area (Å²) < 4.78 is 0. The van der Waals surface area contributed by atoms with Crippen LogP contribution in [0, 0.1) is 0 Å². The number of rotatable bonds is 1. The van der Waals surface area contributed by atoms with E-state index in [1.54, 1.807) is 23.4 Å². The minimum absolute atomic E-state index is 0.0159. The molecule has 1 fully saturated rings. The lowest BCUT2D eigenvalue weighted by molar-refractivity contribution is 0.0610. The minimum atomic E-state index is -0.0159. The van der Waals surface area contributed by atoms with Gasteiger partial charge in [0.1, 0.15) is 5.52 Å². The van der Waals surface area contributed by atoms with Crippen LogP contribution in [0.25, 0.3) is 11.0 Å². The van der Waals surface area contributed by atoms with Crippen LogP contribution in [0.3, 0.4) is 0 Å². The van der Waals surface area contributed by atoms with Crippen LogP contribution in [0.2, 0.25) is 0 Å². The van der Waals surface area contributed by atoms with Gasteiger partial charge in [0.2, 0.25) is 0 Å². The highest BCUT2D eigenvalue weighted by molar-refractivity contribution is 6.04. The smallest absolute Gasteiger partial charge is 0.256 e. The molecule has 1 aromatic heterocycles. The topological polar surface area (TPSA) is 72.1 Å². The zero-order chi connectivity index (χ0) is 11.8. The molecule has 0 aliphatic carbocycles. The van der Waals surface area contributed by atoms with Crippen LogP contribution < -0.4 is 5.73 Å². The largest absolute Gasteiger partial charge is 0.335 e. The molecule has 0 radical (unpaired) electrons. The highest BCUT2D eigenvalue weighted by Gasteiger charge is 2.29. The van der Waals surface area contributed by atoms with Gasteiger partial charge in [0.15, 0.2) is 0 Å². The van der Waals surface area contributed by atoms with E-state index in [1.165, 1.54) is 0 Å². The number of hydrogen-bond donors (Lipinski definition) is 1. The molecule has 0 spiro atoms. The highest BCUT2D eigenvalue weighted by Crippen LogP contribution is 2.18. The molecule has 2 N–H and O–H groups in total. The van der Waals surface area contributed by atoms with Gasteiger partial charge in [-0.2, -0.15) is 0 Å². The summed E-state index contributed by atoms with van der Waals surface area (Å²) in [6.07, 6.45) is 3.22. The second kappa shape index (κ2) is 3.78. The Morgan fingerprint density at radius 1 is 1.29 bits per heavy atom. The number of aromatic nitrogens is 2. The number of nitrogens with zero attached hydrogens (tertiary/aromatic N) is 3. The molecule has 1 aliphatic heterocycles. The second-order valence-electron chi connectivity index (χ2n) is 4.20. The maximum atomic E-state index is 12.2. The molecule has 0 bridgehead atoms. The molecule has 0 unspecified atom stereocenters. The summed E-state index contributed by atoms with van der Waals surface area (Å²) in [5, 5.41) is 0. The quantitative estimate of drug-likeness (QED) is 0.767. The molecule has 1 aliphatic rings. The molecular weight excluding hydrogens is 216 g/mol. The molecule has 0 saturated carbocycles. The van der Waals surface area contributed by atoms with Crippen LogP contribution in [0.15, 0.2) is 30.6 Å². The summed E-state index contributed by atoms with van der Waals surface area (Å²) in [7, 11) is 0. The molecule has 86 valence electrons. The minimum Gasteiger partial charge on any atom is -0.335 e. The summed E-state index contributed by atoms with van der Waals surface area (Å²) in [5.41, 5.74) is 7.67. The second-order valence-corrected chi connectivity index (χ2v) is 4.20. The van der Waals surface area contributed by atoms with Crippen LogP contribution in [-0.4, -0.2) is 39.9 Å². The summed E-state index contributed by atoms with van der Waals surface area (Å²) >= 11 is 0. The van der Waals surface area contributed by atoms with Crippen molar-refractivity contribution in [2.24, 2.45) is 5.73 Å². The Morgan fingerprint density at radius 2 is 2.06 bits per heavy atom. The molecule has 1 amide bonds. The first kappa shape index (κ1) is 10.2. The molecule has 0 atom stereocenters. The van der Waals surface area contributed by atoms with Crippen molar-refractivity contribution < 1.29 is 4.79 Å². The predicted molar refractivity (Wildman–Crippen MR) is 63.4 cm³/mol. The lowest BCUT2D eigenvalue weighted by Gasteiger charge is -2.36. The van der Waals surface area contributed by atoms with Gasteiger partial charge in [-0.05, 0) is 12.1 Å². The lowest BCUT2D eigenvalue weighted by atomic mass is 10.1. The zero-order valence-electron chi connectivity index (χ0n) is 9.21. The van der Waals surface area contributed by atoms with Gasteiger partial charge in [-0.15, -0.1) is 0 Å². The van der Waals surface area contributed by atoms with Crippen LogP contribution in [0.1, 0.15) is 10.4 Å². The number of hydrogen-bond acceptors (Lipinski definition) is 4. The Morgan fingerprint density at radius 3 is 2.82 bits per heavy atom. The van der Waals surface area contributed by atoms with Crippen molar-refractivity contribution in [3.63, 3.8) is 0 Å². The lowest BCUT2D eigenvalue weighted by Crippen LogP contribution is -2.57. The fourth-order valence-corrected chi connectivity index (χ4v) is 2.01. The van der Waals surface area contributed by atoms with Gasteiger partial charge in [-0.1, -0.05) is 6.07 Å². The van der Waals surface area contributed by atoms with Gasteiger partial charge in [0, 0.05) is 31.5 Å². The highest BCUT2D eigenvalue weighted by atomic mass is 16.2. The third kappa shape index (κ3) is 1.64. The monoisotopic (exact) mass is 228 g/mol. The predicted octanol–water partition coefficient (Wildman–Crippen LogP) is 0.413. The Bertz CT molecular complexity index is 572. The number of nitrogens with two attached hydrogens (primary N) is 1. The van der Waals surface area contributed by atoms with E-state index in [2.05, 4.69) is 9.97 Å². The number of benzene rings is 1. The van der Waals surface area contributed by atoms with E-state index in [0.717, 1.165) is 5.52 Å². The van der Waals surface area contributed by atoms with E-state index in [-0.39, 0.29) is 11.9 Å². The Balaban J connectivity index is 2.02. The molecule has 5 heteroatoms. The van der Waals surface area contributed by atoms with Crippen molar-refractivity contribution in [1.29, 1.82) is 0 Å². The number of carbonyl (C=O) groups is 1. The number of likely N-dealkylation sites (tertiary alicyclic amines) is 1. The average molecular weight is 228 g/mol. The summed E-state index contributed by atoms with van der Waals surface area (Å²) in [5.74, 6) is -0.0159. The zero-order valence-corrected chi connectivity index (χ0v) is 9.21.